The van der Waals surface area contributed by atoms with Crippen LogP contribution in [-0.4, -0.2) is 32.7 Å². The lowest BCUT2D eigenvalue weighted by molar-refractivity contribution is -0.132. The van der Waals surface area contributed by atoms with Gasteiger partial charge < -0.3 is 16.0 Å². The van der Waals surface area contributed by atoms with Crippen molar-refractivity contribution in [2.45, 2.75) is 24.0 Å². The van der Waals surface area contributed by atoms with E-state index < -0.39 is 21.8 Å². The zero-order chi connectivity index (χ0) is 24.3. The molecule has 176 valence electrons. The first-order valence-electron chi connectivity index (χ1n) is 10.4. The molecule has 0 unspecified atom stereocenters. The minimum atomic E-state index is -3.72. The minimum absolute atomic E-state index is 0.246. The van der Waals surface area contributed by atoms with Gasteiger partial charge in [0, 0.05) is 30.5 Å². The third-order valence-corrected chi connectivity index (χ3v) is 8.29. The van der Waals surface area contributed by atoms with E-state index in [1.807, 2.05) is 0 Å². The lowest BCUT2D eigenvalue weighted by atomic mass is 10.0. The Bertz CT molecular complexity index is 1350. The largest absolute Gasteiger partial charge is 0.326 e. The predicted molar refractivity (Wildman–Crippen MR) is 132 cm³/mol. The molecular weight excluding hydrogens is 476 g/mol. The lowest BCUT2D eigenvalue weighted by Crippen LogP contribution is -2.35. The number of carbonyl (C=O) groups is 3. The standard InChI is InChI=1S/C23H22N4O5S2/c1-15(28)24-17-6-2-7-18(13-17)25-22(29)23(30)26-19-10-9-16-5-3-11-27(20(16)14-19)34(31,32)21-8-4-12-33-21/h2,4,6-10,12-14H,3,5,11H2,1H3,(H,24,28)(H,25,29)(H,26,30). The van der Waals surface area contributed by atoms with Crippen LogP contribution in [0, 0.1) is 0 Å². The van der Waals surface area contributed by atoms with Gasteiger partial charge in [0.2, 0.25) is 5.91 Å². The van der Waals surface area contributed by atoms with Crippen LogP contribution >= 0.6 is 11.3 Å². The smallest absolute Gasteiger partial charge is 0.314 e. The van der Waals surface area contributed by atoms with Crippen molar-refractivity contribution >= 4 is 61.8 Å². The van der Waals surface area contributed by atoms with Crippen molar-refractivity contribution in [3.8, 4) is 0 Å². The number of hydrogen-bond acceptors (Lipinski definition) is 6. The van der Waals surface area contributed by atoms with Gasteiger partial charge in [0.1, 0.15) is 4.21 Å². The Labute approximate surface area is 200 Å². The number of nitrogens with zero attached hydrogens (tertiary/aromatic N) is 1. The number of hydrogen-bond donors (Lipinski definition) is 3. The van der Waals surface area contributed by atoms with Gasteiger partial charge in [-0.05, 0) is 60.2 Å². The van der Waals surface area contributed by atoms with Crippen LogP contribution < -0.4 is 20.3 Å². The van der Waals surface area contributed by atoms with Crippen LogP contribution in [-0.2, 0) is 30.8 Å². The molecule has 4 rings (SSSR count). The highest BCUT2D eigenvalue weighted by molar-refractivity contribution is 7.94. The molecule has 3 amide bonds. The van der Waals surface area contributed by atoms with E-state index in [1.165, 1.54) is 17.3 Å². The molecule has 0 fully saturated rings. The van der Waals surface area contributed by atoms with Crippen LogP contribution in [0.1, 0.15) is 18.9 Å². The summed E-state index contributed by atoms with van der Waals surface area (Å²) in [4.78, 5) is 36.1. The second-order valence-electron chi connectivity index (χ2n) is 7.63. The number of amides is 3. The summed E-state index contributed by atoms with van der Waals surface area (Å²) in [5.41, 5.74) is 2.46. The van der Waals surface area contributed by atoms with Gasteiger partial charge in [0.25, 0.3) is 10.0 Å². The summed E-state index contributed by atoms with van der Waals surface area (Å²) in [7, 11) is -3.72. The van der Waals surface area contributed by atoms with Crippen LogP contribution in [0.25, 0.3) is 0 Å². The molecule has 34 heavy (non-hydrogen) atoms. The summed E-state index contributed by atoms with van der Waals surface area (Å²) in [6.07, 6.45) is 1.40. The SMILES string of the molecule is CC(=O)Nc1cccc(NC(=O)C(=O)Nc2ccc3c(c2)N(S(=O)(=O)c2cccs2)CCC3)c1. The molecule has 9 nitrogen and oxygen atoms in total. The molecule has 0 spiro atoms. The third-order valence-electron chi connectivity index (χ3n) is 5.11. The fraction of sp³-hybridized carbons (Fsp3) is 0.174. The maximum atomic E-state index is 13.1. The maximum Gasteiger partial charge on any atom is 0.314 e. The van der Waals surface area contributed by atoms with Gasteiger partial charge >= 0.3 is 11.8 Å². The molecule has 0 saturated carbocycles. The Morgan fingerprint density at radius 3 is 2.21 bits per heavy atom. The first kappa shape index (κ1) is 23.5. The maximum absolute atomic E-state index is 13.1. The van der Waals surface area contributed by atoms with E-state index in [-0.39, 0.29) is 10.1 Å². The van der Waals surface area contributed by atoms with Crippen LogP contribution in [0.3, 0.4) is 0 Å². The highest BCUT2D eigenvalue weighted by Crippen LogP contribution is 2.35. The van der Waals surface area contributed by atoms with Crippen molar-refractivity contribution in [2.75, 3.05) is 26.8 Å². The zero-order valence-electron chi connectivity index (χ0n) is 18.2. The summed E-state index contributed by atoms with van der Waals surface area (Å²) in [6, 6.07) is 14.6. The van der Waals surface area contributed by atoms with E-state index in [0.717, 1.165) is 16.9 Å². The fourth-order valence-corrected chi connectivity index (χ4v) is 6.28. The molecule has 0 aliphatic carbocycles. The zero-order valence-corrected chi connectivity index (χ0v) is 19.8. The Morgan fingerprint density at radius 2 is 1.56 bits per heavy atom. The molecule has 0 atom stereocenters. The number of sulfonamides is 1. The van der Waals surface area contributed by atoms with E-state index >= 15 is 0 Å². The molecule has 0 bridgehead atoms. The summed E-state index contributed by atoms with van der Waals surface area (Å²) >= 11 is 1.15. The van der Waals surface area contributed by atoms with Gasteiger partial charge in [0.15, 0.2) is 0 Å². The van der Waals surface area contributed by atoms with Crippen LogP contribution in [0.15, 0.2) is 64.2 Å². The van der Waals surface area contributed by atoms with Gasteiger partial charge in [-0.2, -0.15) is 0 Å². The molecule has 11 heteroatoms. The third kappa shape index (κ3) is 5.10. The van der Waals surface area contributed by atoms with Gasteiger partial charge in [-0.3, -0.25) is 18.7 Å². The molecule has 2 heterocycles. The van der Waals surface area contributed by atoms with Crippen LogP contribution in [0.5, 0.6) is 0 Å². The summed E-state index contributed by atoms with van der Waals surface area (Å²) in [5.74, 6) is -2.07. The topological polar surface area (TPSA) is 125 Å². The van der Waals surface area contributed by atoms with E-state index in [4.69, 9.17) is 0 Å². The van der Waals surface area contributed by atoms with Crippen LogP contribution in [0.4, 0.5) is 22.7 Å². The summed E-state index contributed by atoms with van der Waals surface area (Å²) < 4.78 is 27.8. The molecule has 0 radical (unpaired) electrons. The highest BCUT2D eigenvalue weighted by atomic mass is 32.2. The summed E-state index contributed by atoms with van der Waals surface area (Å²) in [6.45, 7) is 1.69. The second kappa shape index (κ2) is 9.65. The second-order valence-corrected chi connectivity index (χ2v) is 10.7. The fourth-order valence-electron chi connectivity index (χ4n) is 3.64. The average Bonchev–Trinajstić information content (AvgIpc) is 3.34. The molecule has 2 aromatic carbocycles. The van der Waals surface area contributed by atoms with Crippen molar-refractivity contribution in [3.05, 3.63) is 65.5 Å². The number of anilines is 4. The monoisotopic (exact) mass is 498 g/mol. The Hall–Kier alpha value is -3.70. The molecule has 0 saturated heterocycles. The molecule has 3 aromatic rings. The van der Waals surface area contributed by atoms with E-state index in [0.29, 0.717) is 42.1 Å². The van der Waals surface area contributed by atoms with Crippen LogP contribution in [0.2, 0.25) is 0 Å². The van der Waals surface area contributed by atoms with Crippen molar-refractivity contribution < 1.29 is 22.8 Å². The molecule has 3 N–H and O–H groups in total. The van der Waals surface area contributed by atoms with Gasteiger partial charge in [-0.1, -0.05) is 18.2 Å². The predicted octanol–water partition coefficient (Wildman–Crippen LogP) is 3.43. The number of fused-ring (bicyclic) bond motifs is 1. The van der Waals surface area contributed by atoms with Crippen molar-refractivity contribution in [2.24, 2.45) is 0 Å². The average molecular weight is 499 g/mol. The molecule has 1 aliphatic heterocycles. The van der Waals surface area contributed by atoms with Gasteiger partial charge in [0.05, 0.1) is 5.69 Å². The van der Waals surface area contributed by atoms with E-state index in [1.54, 1.807) is 53.9 Å². The number of nitrogens with one attached hydrogen (secondary N) is 3. The number of thiophene rings is 1. The first-order chi connectivity index (χ1) is 16.2. The van der Waals surface area contributed by atoms with E-state index in [9.17, 15) is 22.8 Å². The highest BCUT2D eigenvalue weighted by Gasteiger charge is 2.30. The molecule has 1 aromatic heterocycles. The molecule has 1 aliphatic rings. The lowest BCUT2D eigenvalue weighted by Gasteiger charge is -2.30. The Balaban J connectivity index is 1.50. The van der Waals surface area contributed by atoms with Crippen molar-refractivity contribution in [1.82, 2.24) is 0 Å². The number of rotatable bonds is 5. The van der Waals surface area contributed by atoms with E-state index in [2.05, 4.69) is 16.0 Å². The summed E-state index contributed by atoms with van der Waals surface area (Å²) in [5, 5.41) is 9.31. The number of aryl methyl sites for hydroxylation is 1. The quantitative estimate of drug-likeness (QED) is 0.465. The number of carbonyl (C=O) groups excluding carboxylic acids is 3. The van der Waals surface area contributed by atoms with Gasteiger partial charge in [-0.15, -0.1) is 11.3 Å². The number of benzene rings is 2. The van der Waals surface area contributed by atoms with Crippen molar-refractivity contribution in [3.63, 3.8) is 0 Å². The normalized spacial score (nSPS) is 13.0. The minimum Gasteiger partial charge on any atom is -0.326 e. The first-order valence-corrected chi connectivity index (χ1v) is 12.8. The molecular formula is C23H22N4O5S2. The Kier molecular flexibility index (Phi) is 6.66. The van der Waals surface area contributed by atoms with Crippen molar-refractivity contribution in [1.29, 1.82) is 0 Å². The van der Waals surface area contributed by atoms with Gasteiger partial charge in [-0.25, -0.2) is 8.42 Å². The Morgan fingerprint density at radius 1 is 0.882 bits per heavy atom.